The lowest BCUT2D eigenvalue weighted by Gasteiger charge is -2.18. The molecule has 0 N–H and O–H groups in total. The minimum atomic E-state index is -0.759. The lowest BCUT2D eigenvalue weighted by molar-refractivity contribution is -0.167. The number of carbonyl (C=O) groups is 3. The number of unbranched alkanes of at least 4 members (excludes halogenated alkanes) is 35. The highest BCUT2D eigenvalue weighted by Crippen LogP contribution is 2.17. The predicted octanol–water partition coefficient (Wildman–Crippen LogP) is 17.1. The summed E-state index contributed by atoms with van der Waals surface area (Å²) in [6, 6.07) is 0. The smallest absolute Gasteiger partial charge is 0.306 e. The monoisotopic (exact) mass is 835 g/mol. The van der Waals surface area contributed by atoms with Crippen LogP contribution in [-0.4, -0.2) is 37.2 Å². The van der Waals surface area contributed by atoms with Gasteiger partial charge in [-0.05, 0) is 25.2 Å². The van der Waals surface area contributed by atoms with Crippen molar-refractivity contribution in [3.63, 3.8) is 0 Å². The molecule has 6 heteroatoms. The van der Waals surface area contributed by atoms with E-state index in [1.54, 1.807) is 0 Å². The van der Waals surface area contributed by atoms with E-state index >= 15 is 0 Å². The molecular weight excluding hydrogens is 733 g/mol. The zero-order chi connectivity index (χ0) is 43.1. The van der Waals surface area contributed by atoms with Gasteiger partial charge in [-0.3, -0.25) is 14.4 Å². The Bertz CT molecular complexity index is 887. The molecule has 0 amide bonds. The second-order valence-corrected chi connectivity index (χ2v) is 18.6. The number of esters is 3. The van der Waals surface area contributed by atoms with E-state index in [9.17, 15) is 14.4 Å². The second kappa shape index (κ2) is 47.5. The van der Waals surface area contributed by atoms with Crippen LogP contribution in [0.3, 0.4) is 0 Å². The van der Waals surface area contributed by atoms with Crippen LogP contribution in [0.15, 0.2) is 0 Å². The average Bonchev–Trinajstić information content (AvgIpc) is 3.22. The van der Waals surface area contributed by atoms with Crippen molar-refractivity contribution in [2.24, 2.45) is 5.92 Å². The molecular formula is C53H102O6. The molecule has 0 rings (SSSR count). The number of rotatable bonds is 48. The lowest BCUT2D eigenvalue weighted by atomic mass is 10.0. The van der Waals surface area contributed by atoms with Crippen molar-refractivity contribution in [3.8, 4) is 0 Å². The van der Waals surface area contributed by atoms with Gasteiger partial charge in [-0.1, -0.05) is 259 Å². The van der Waals surface area contributed by atoms with Crippen LogP contribution in [0.5, 0.6) is 0 Å². The number of hydrogen-bond acceptors (Lipinski definition) is 6. The molecule has 0 bridgehead atoms. The fourth-order valence-electron chi connectivity index (χ4n) is 8.04. The molecule has 0 spiro atoms. The van der Waals surface area contributed by atoms with Gasteiger partial charge >= 0.3 is 17.9 Å². The number of carbonyl (C=O) groups excluding carboxylic acids is 3. The Morgan fingerprint density at radius 2 is 0.559 bits per heavy atom. The number of hydrogen-bond donors (Lipinski definition) is 0. The van der Waals surface area contributed by atoms with Crippen LogP contribution in [0, 0.1) is 5.92 Å². The summed E-state index contributed by atoms with van der Waals surface area (Å²) in [5, 5.41) is 0. The van der Waals surface area contributed by atoms with Gasteiger partial charge in [0.2, 0.25) is 0 Å². The van der Waals surface area contributed by atoms with Gasteiger partial charge in [0, 0.05) is 19.3 Å². The summed E-state index contributed by atoms with van der Waals surface area (Å²) in [5.74, 6) is 0.0118. The maximum atomic E-state index is 12.7. The lowest BCUT2D eigenvalue weighted by Crippen LogP contribution is -2.30. The van der Waals surface area contributed by atoms with Crippen LogP contribution in [0.1, 0.15) is 297 Å². The van der Waals surface area contributed by atoms with Crippen molar-refractivity contribution in [3.05, 3.63) is 0 Å². The summed E-state index contributed by atoms with van der Waals surface area (Å²) in [6.07, 6.45) is 49.6. The number of ether oxygens (including phenoxy) is 3. The summed E-state index contributed by atoms with van der Waals surface area (Å²) >= 11 is 0. The first-order chi connectivity index (χ1) is 28.9. The first-order valence-electron chi connectivity index (χ1n) is 26.4. The molecule has 0 aromatic heterocycles. The van der Waals surface area contributed by atoms with Crippen LogP contribution in [-0.2, 0) is 28.6 Å². The predicted molar refractivity (Wildman–Crippen MR) is 252 cm³/mol. The highest BCUT2D eigenvalue weighted by Gasteiger charge is 2.19. The standard InChI is InChI=1S/C53H102O6/c1-5-7-9-11-13-15-24-29-32-36-40-44-51(54)57-47-50(59-53(56)46-42-38-34-27-14-12-10-8-6-2)48-58-52(55)45-41-37-33-30-26-23-21-19-17-16-18-20-22-25-28-31-35-39-43-49(3)4/h49-50H,5-48H2,1-4H3/t50-/m1/s1. The van der Waals surface area contributed by atoms with Crippen molar-refractivity contribution in [1.29, 1.82) is 0 Å². The second-order valence-electron chi connectivity index (χ2n) is 18.6. The van der Waals surface area contributed by atoms with E-state index in [1.807, 2.05) is 0 Å². The SMILES string of the molecule is CCCCCCCCCCCCCC(=O)OC[C@H](COC(=O)CCCCCCCCCCCCCCCCCCCCC(C)C)OC(=O)CCCCCCCCCCC. The third-order valence-corrected chi connectivity index (χ3v) is 12.0. The summed E-state index contributed by atoms with van der Waals surface area (Å²) in [5.41, 5.74) is 0. The molecule has 0 fully saturated rings. The first kappa shape index (κ1) is 57.4. The molecule has 0 saturated heterocycles. The largest absolute Gasteiger partial charge is 0.462 e. The molecule has 0 heterocycles. The highest BCUT2D eigenvalue weighted by atomic mass is 16.6. The minimum Gasteiger partial charge on any atom is -0.462 e. The van der Waals surface area contributed by atoms with Crippen LogP contribution in [0.25, 0.3) is 0 Å². The zero-order valence-electron chi connectivity index (χ0n) is 40.2. The fourth-order valence-corrected chi connectivity index (χ4v) is 8.04. The van der Waals surface area contributed by atoms with Gasteiger partial charge in [-0.15, -0.1) is 0 Å². The Hall–Kier alpha value is -1.59. The van der Waals surface area contributed by atoms with Gasteiger partial charge in [0.1, 0.15) is 13.2 Å². The molecule has 0 unspecified atom stereocenters. The topological polar surface area (TPSA) is 78.9 Å². The molecule has 0 saturated carbocycles. The normalized spacial score (nSPS) is 11.9. The first-order valence-corrected chi connectivity index (χ1v) is 26.4. The van der Waals surface area contributed by atoms with E-state index in [0.29, 0.717) is 19.3 Å². The molecule has 59 heavy (non-hydrogen) atoms. The van der Waals surface area contributed by atoms with E-state index < -0.39 is 6.10 Å². The van der Waals surface area contributed by atoms with Crippen LogP contribution in [0.2, 0.25) is 0 Å². The van der Waals surface area contributed by atoms with Gasteiger partial charge in [0.15, 0.2) is 6.10 Å². The average molecular weight is 835 g/mol. The molecule has 0 aromatic rings. The summed E-state index contributed by atoms with van der Waals surface area (Å²) in [6.45, 7) is 9.02. The van der Waals surface area contributed by atoms with Crippen molar-refractivity contribution in [2.75, 3.05) is 13.2 Å². The molecule has 0 aromatic carbocycles. The van der Waals surface area contributed by atoms with E-state index in [2.05, 4.69) is 27.7 Å². The Kier molecular flexibility index (Phi) is 46.2. The van der Waals surface area contributed by atoms with Crippen molar-refractivity contribution < 1.29 is 28.6 Å². The van der Waals surface area contributed by atoms with Crippen molar-refractivity contribution in [2.45, 2.75) is 303 Å². The van der Waals surface area contributed by atoms with Crippen LogP contribution in [0.4, 0.5) is 0 Å². The highest BCUT2D eigenvalue weighted by molar-refractivity contribution is 5.71. The Morgan fingerprint density at radius 3 is 0.831 bits per heavy atom. The molecule has 6 nitrogen and oxygen atoms in total. The van der Waals surface area contributed by atoms with Gasteiger partial charge < -0.3 is 14.2 Å². The zero-order valence-corrected chi connectivity index (χ0v) is 40.2. The maximum Gasteiger partial charge on any atom is 0.306 e. The summed E-state index contributed by atoms with van der Waals surface area (Å²) < 4.78 is 16.8. The van der Waals surface area contributed by atoms with E-state index in [0.717, 1.165) is 63.7 Å². The van der Waals surface area contributed by atoms with Crippen molar-refractivity contribution >= 4 is 17.9 Å². The Morgan fingerprint density at radius 1 is 0.322 bits per heavy atom. The molecule has 0 radical (unpaired) electrons. The van der Waals surface area contributed by atoms with Crippen LogP contribution < -0.4 is 0 Å². The molecule has 0 aliphatic heterocycles. The van der Waals surface area contributed by atoms with Gasteiger partial charge in [0.25, 0.3) is 0 Å². The van der Waals surface area contributed by atoms with Crippen LogP contribution >= 0.6 is 0 Å². The molecule has 0 aliphatic rings. The van der Waals surface area contributed by atoms with Gasteiger partial charge in [-0.25, -0.2) is 0 Å². The molecule has 0 aliphatic carbocycles. The van der Waals surface area contributed by atoms with Crippen molar-refractivity contribution in [1.82, 2.24) is 0 Å². The van der Waals surface area contributed by atoms with E-state index in [4.69, 9.17) is 14.2 Å². The third kappa shape index (κ3) is 47.3. The Labute approximate surface area is 368 Å². The van der Waals surface area contributed by atoms with E-state index in [-0.39, 0.29) is 31.1 Å². The van der Waals surface area contributed by atoms with E-state index in [1.165, 1.54) is 193 Å². The minimum absolute atomic E-state index is 0.0628. The third-order valence-electron chi connectivity index (χ3n) is 12.0. The quantitative estimate of drug-likeness (QED) is 0.0345. The fraction of sp³-hybridized carbons (Fsp3) is 0.943. The molecule has 1 atom stereocenters. The summed E-state index contributed by atoms with van der Waals surface area (Å²) in [4.78, 5) is 37.8. The Balaban J connectivity index is 4.14. The molecule has 350 valence electrons. The van der Waals surface area contributed by atoms with Gasteiger partial charge in [-0.2, -0.15) is 0 Å². The maximum absolute atomic E-state index is 12.7. The summed E-state index contributed by atoms with van der Waals surface area (Å²) in [7, 11) is 0. The van der Waals surface area contributed by atoms with Gasteiger partial charge in [0.05, 0.1) is 0 Å².